The molecule has 0 atom stereocenters. The minimum absolute atomic E-state index is 0.0600. The molecule has 0 spiro atoms. The van der Waals surface area contributed by atoms with Crippen LogP contribution in [0, 0.1) is 0 Å². The maximum atomic E-state index is 11.5. The lowest BCUT2D eigenvalue weighted by molar-refractivity contribution is -0.400. The Kier molecular flexibility index (Phi) is 3.86. The number of rotatable bonds is 4. The van der Waals surface area contributed by atoms with Crippen molar-refractivity contribution in [3.05, 3.63) is 46.1 Å². The Hall–Kier alpha value is -3.30. The number of hydroxylamine groups is 2. The fourth-order valence-corrected chi connectivity index (χ4v) is 2.63. The molecular formula is C17H12N2O7. The Morgan fingerprint density at radius 2 is 1.88 bits per heavy atom. The van der Waals surface area contributed by atoms with Crippen molar-refractivity contribution >= 4 is 22.9 Å². The van der Waals surface area contributed by atoms with Crippen LogP contribution in [0.4, 0.5) is 0 Å². The first kappa shape index (κ1) is 16.2. The highest BCUT2D eigenvalue weighted by molar-refractivity contribution is 6.00. The number of phenolic OH excluding ortho intramolecular Hbond substituents is 1. The molecule has 1 aromatic carbocycles. The molecule has 2 amide bonds. The predicted molar refractivity (Wildman–Crippen MR) is 85.5 cm³/mol. The fourth-order valence-electron chi connectivity index (χ4n) is 2.63. The number of aromatic hydroxyl groups is 1. The van der Waals surface area contributed by atoms with Crippen LogP contribution in [0.2, 0.25) is 0 Å². The molecule has 0 aromatic heterocycles. The minimum atomic E-state index is -0.502. The number of phenols is 1. The summed E-state index contributed by atoms with van der Waals surface area (Å²) in [6.07, 6.45) is 0.120. The van der Waals surface area contributed by atoms with Crippen LogP contribution in [0.1, 0.15) is 18.4 Å². The molecule has 1 aliphatic carbocycles. The average molecular weight is 356 g/mol. The van der Waals surface area contributed by atoms with Gasteiger partial charge in [-0.1, -0.05) is 0 Å². The summed E-state index contributed by atoms with van der Waals surface area (Å²) >= 11 is 0. The number of benzene rings is 2. The normalized spacial score (nSPS) is 14.7. The zero-order valence-electron chi connectivity index (χ0n) is 13.3. The summed E-state index contributed by atoms with van der Waals surface area (Å²) in [4.78, 5) is 48.5. The van der Waals surface area contributed by atoms with Crippen LogP contribution >= 0.6 is 0 Å². The van der Waals surface area contributed by atoms with Crippen LogP contribution in [-0.4, -0.2) is 27.0 Å². The van der Waals surface area contributed by atoms with Gasteiger partial charge in [-0.05, 0) is 24.3 Å². The first-order chi connectivity index (χ1) is 12.5. The van der Waals surface area contributed by atoms with E-state index in [1.165, 1.54) is 24.3 Å². The smallest absolute Gasteiger partial charge is 0.256 e. The summed E-state index contributed by atoms with van der Waals surface area (Å²) in [5.41, 5.74) is 1.08. The Morgan fingerprint density at radius 3 is 2.65 bits per heavy atom. The van der Waals surface area contributed by atoms with E-state index in [0.29, 0.717) is 16.3 Å². The molecule has 2 heterocycles. The van der Waals surface area contributed by atoms with Crippen LogP contribution in [0.5, 0.6) is 5.75 Å². The van der Waals surface area contributed by atoms with E-state index in [1.54, 1.807) is 6.07 Å². The third-order valence-electron chi connectivity index (χ3n) is 3.94. The SMILES string of the molecule is O=C1CCC(=O)N1OOCc1c(O)ccc2nc3ccc(=O)cc-3oc12. The predicted octanol–water partition coefficient (Wildman–Crippen LogP) is 1.51. The number of carbonyl (C=O) groups is 2. The van der Waals surface area contributed by atoms with Crippen molar-refractivity contribution in [2.45, 2.75) is 19.4 Å². The van der Waals surface area contributed by atoms with E-state index >= 15 is 0 Å². The van der Waals surface area contributed by atoms with Crippen LogP contribution in [0.3, 0.4) is 0 Å². The molecule has 9 nitrogen and oxygen atoms in total. The summed E-state index contributed by atoms with van der Waals surface area (Å²) in [6.45, 7) is -0.312. The van der Waals surface area contributed by atoms with E-state index in [4.69, 9.17) is 14.3 Å². The van der Waals surface area contributed by atoms with Crippen LogP contribution in [-0.2, 0) is 26.1 Å². The van der Waals surface area contributed by atoms with Gasteiger partial charge in [0.15, 0.2) is 16.8 Å². The van der Waals surface area contributed by atoms with Crippen LogP contribution in [0.15, 0.2) is 39.5 Å². The number of fused-ring (bicyclic) bond motifs is 2. The first-order valence-electron chi connectivity index (χ1n) is 7.74. The first-order valence-corrected chi connectivity index (χ1v) is 7.74. The number of nitrogens with zero attached hydrogens (tertiary/aromatic N) is 2. The highest BCUT2D eigenvalue weighted by Crippen LogP contribution is 2.31. The zero-order valence-corrected chi connectivity index (χ0v) is 13.3. The van der Waals surface area contributed by atoms with E-state index in [-0.39, 0.29) is 47.5 Å². The van der Waals surface area contributed by atoms with E-state index in [2.05, 4.69) is 4.98 Å². The van der Waals surface area contributed by atoms with Gasteiger partial charge in [-0.15, -0.1) is 10.1 Å². The van der Waals surface area contributed by atoms with E-state index in [1.807, 2.05) is 0 Å². The number of imide groups is 1. The topological polar surface area (TPSA) is 119 Å². The molecule has 0 bridgehead atoms. The van der Waals surface area contributed by atoms with Gasteiger partial charge in [0.25, 0.3) is 11.8 Å². The molecule has 4 rings (SSSR count). The second kappa shape index (κ2) is 6.21. The van der Waals surface area contributed by atoms with Gasteiger partial charge in [0.1, 0.15) is 23.6 Å². The molecule has 0 unspecified atom stereocenters. The van der Waals surface area contributed by atoms with Crippen molar-refractivity contribution in [3.8, 4) is 17.2 Å². The molecule has 9 heteroatoms. The van der Waals surface area contributed by atoms with Gasteiger partial charge in [0, 0.05) is 18.9 Å². The molecular weight excluding hydrogens is 344 g/mol. The highest BCUT2D eigenvalue weighted by atomic mass is 17.3. The van der Waals surface area contributed by atoms with Crippen molar-refractivity contribution in [1.82, 2.24) is 10.0 Å². The standard InChI is InChI=1S/C17H12N2O7/c20-9-1-2-11-14(7-9)25-17-10(13(21)4-3-12(17)18-11)8-24-26-19-15(22)5-6-16(19)23/h1-4,7,21H,5-6,8H2. The lowest BCUT2D eigenvalue weighted by Crippen LogP contribution is -2.29. The lowest BCUT2D eigenvalue weighted by atomic mass is 10.1. The summed E-state index contributed by atoms with van der Waals surface area (Å²) < 4.78 is 5.70. The second-order valence-corrected chi connectivity index (χ2v) is 5.67. The largest absolute Gasteiger partial charge is 0.507 e. The second-order valence-electron chi connectivity index (χ2n) is 5.67. The van der Waals surface area contributed by atoms with Crippen molar-refractivity contribution < 1.29 is 29.0 Å². The Balaban J connectivity index is 1.66. The molecule has 132 valence electrons. The van der Waals surface area contributed by atoms with Gasteiger partial charge in [0.2, 0.25) is 0 Å². The molecule has 0 saturated carbocycles. The molecule has 1 fully saturated rings. The number of hydrogen-bond donors (Lipinski definition) is 1. The summed E-state index contributed by atoms with van der Waals surface area (Å²) in [7, 11) is 0. The van der Waals surface area contributed by atoms with E-state index in [0.717, 1.165) is 0 Å². The highest BCUT2D eigenvalue weighted by Gasteiger charge is 2.31. The van der Waals surface area contributed by atoms with Crippen molar-refractivity contribution in [1.29, 1.82) is 0 Å². The Morgan fingerprint density at radius 1 is 1.12 bits per heavy atom. The van der Waals surface area contributed by atoms with Gasteiger partial charge in [-0.25, -0.2) is 9.87 Å². The van der Waals surface area contributed by atoms with Gasteiger partial charge >= 0.3 is 0 Å². The summed E-state index contributed by atoms with van der Waals surface area (Å²) in [6, 6.07) is 7.16. The minimum Gasteiger partial charge on any atom is -0.507 e. The van der Waals surface area contributed by atoms with Gasteiger partial charge in [0.05, 0.1) is 5.56 Å². The number of hydrogen-bond acceptors (Lipinski definition) is 8. The lowest BCUT2D eigenvalue weighted by Gasteiger charge is -2.13. The molecule has 26 heavy (non-hydrogen) atoms. The summed E-state index contributed by atoms with van der Waals surface area (Å²) in [5.74, 6) is -0.902. The molecule has 2 aliphatic heterocycles. The molecule has 1 aromatic rings. The van der Waals surface area contributed by atoms with Gasteiger partial charge < -0.3 is 9.52 Å². The van der Waals surface area contributed by atoms with E-state index < -0.39 is 11.8 Å². The van der Waals surface area contributed by atoms with E-state index in [9.17, 15) is 19.5 Å². The number of aromatic nitrogens is 1. The fraction of sp³-hybridized carbons (Fsp3) is 0.176. The maximum absolute atomic E-state index is 11.5. The molecule has 1 saturated heterocycles. The zero-order chi connectivity index (χ0) is 18.3. The monoisotopic (exact) mass is 356 g/mol. The molecule has 3 aliphatic rings. The van der Waals surface area contributed by atoms with Crippen molar-refractivity contribution in [3.63, 3.8) is 0 Å². The Bertz CT molecular complexity index is 1040. The van der Waals surface area contributed by atoms with Crippen molar-refractivity contribution in [2.24, 2.45) is 0 Å². The quantitative estimate of drug-likeness (QED) is 0.323. The number of carbonyl (C=O) groups excluding carboxylic acids is 2. The Labute approximate surface area is 145 Å². The maximum Gasteiger partial charge on any atom is 0.256 e. The molecule has 0 radical (unpaired) electrons. The number of amides is 2. The third-order valence-corrected chi connectivity index (χ3v) is 3.94. The summed E-state index contributed by atoms with van der Waals surface area (Å²) in [5, 5.41) is 10.6. The van der Waals surface area contributed by atoms with Gasteiger partial charge in [-0.3, -0.25) is 14.4 Å². The molecule has 1 N–H and O–H groups in total. The van der Waals surface area contributed by atoms with Gasteiger partial charge in [-0.2, -0.15) is 0 Å². The average Bonchev–Trinajstić information content (AvgIpc) is 2.94. The third kappa shape index (κ3) is 2.79. The van der Waals surface area contributed by atoms with Crippen LogP contribution < -0.4 is 5.43 Å². The van der Waals surface area contributed by atoms with Crippen LogP contribution in [0.25, 0.3) is 22.6 Å². The van der Waals surface area contributed by atoms with Crippen molar-refractivity contribution in [2.75, 3.05) is 0 Å².